The molecule has 0 aliphatic rings. The van der Waals surface area contributed by atoms with Crippen LogP contribution in [0.3, 0.4) is 0 Å². The van der Waals surface area contributed by atoms with E-state index in [1.165, 1.54) is 18.3 Å². The van der Waals surface area contributed by atoms with Gasteiger partial charge >= 0.3 is 5.97 Å². The number of benzene rings is 2. The minimum atomic E-state index is -0.971. The van der Waals surface area contributed by atoms with Gasteiger partial charge in [0.2, 0.25) is 0 Å². The first kappa shape index (κ1) is 20.3. The molecular formula is C21H15Cl2NO3S. The number of carbonyl (C=O) groups is 2. The molecule has 4 nitrogen and oxygen atoms in total. The molecule has 0 unspecified atom stereocenters. The van der Waals surface area contributed by atoms with Crippen LogP contribution >= 0.6 is 34.5 Å². The third kappa shape index (κ3) is 4.87. The van der Waals surface area contributed by atoms with Crippen LogP contribution in [-0.2, 0) is 11.2 Å². The molecular weight excluding hydrogens is 417 g/mol. The topological polar surface area (TPSA) is 67.3 Å². The van der Waals surface area contributed by atoms with Gasteiger partial charge < -0.3 is 5.11 Å². The summed E-state index contributed by atoms with van der Waals surface area (Å²) in [4.78, 5) is 27.9. The lowest BCUT2D eigenvalue weighted by Gasteiger charge is -2.01. The Kier molecular flexibility index (Phi) is 6.29. The van der Waals surface area contributed by atoms with E-state index in [2.05, 4.69) is 4.98 Å². The Morgan fingerprint density at radius 2 is 1.82 bits per heavy atom. The van der Waals surface area contributed by atoms with Gasteiger partial charge in [0.05, 0.1) is 22.2 Å². The van der Waals surface area contributed by atoms with E-state index in [9.17, 15) is 9.59 Å². The van der Waals surface area contributed by atoms with Crippen molar-refractivity contribution < 1.29 is 14.7 Å². The molecule has 1 heterocycles. The van der Waals surface area contributed by atoms with Crippen LogP contribution in [0.15, 0.2) is 53.4 Å². The Balaban J connectivity index is 1.71. The van der Waals surface area contributed by atoms with Crippen LogP contribution in [0.4, 0.5) is 0 Å². The SMILES string of the molecule is C/C(=C\c1ccc(C(=O)Cc2nc(-c3ccc(Cl)c(Cl)c3)cs2)cc1)C(=O)O. The highest BCUT2D eigenvalue weighted by Crippen LogP contribution is 2.29. The second-order valence-corrected chi connectivity index (χ2v) is 7.87. The van der Waals surface area contributed by atoms with Crippen molar-refractivity contribution >= 4 is 52.4 Å². The zero-order valence-electron chi connectivity index (χ0n) is 14.8. The number of hydrogen-bond donors (Lipinski definition) is 1. The highest BCUT2D eigenvalue weighted by molar-refractivity contribution is 7.10. The first-order chi connectivity index (χ1) is 13.3. The molecule has 2 aromatic carbocycles. The van der Waals surface area contributed by atoms with E-state index in [1.54, 1.807) is 42.5 Å². The first-order valence-corrected chi connectivity index (χ1v) is 9.91. The Morgan fingerprint density at radius 1 is 1.11 bits per heavy atom. The number of ketones is 1. The third-order valence-electron chi connectivity index (χ3n) is 4.03. The zero-order chi connectivity index (χ0) is 20.3. The molecule has 0 spiro atoms. The highest BCUT2D eigenvalue weighted by atomic mass is 35.5. The quantitative estimate of drug-likeness (QED) is 0.382. The van der Waals surface area contributed by atoms with Crippen LogP contribution in [0.25, 0.3) is 17.3 Å². The van der Waals surface area contributed by atoms with E-state index in [0.717, 1.165) is 16.8 Å². The monoisotopic (exact) mass is 431 g/mol. The van der Waals surface area contributed by atoms with Gasteiger partial charge in [-0.25, -0.2) is 9.78 Å². The molecule has 1 aromatic heterocycles. The largest absolute Gasteiger partial charge is 0.478 e. The number of thiazole rings is 1. The van der Waals surface area contributed by atoms with E-state index in [-0.39, 0.29) is 17.8 Å². The van der Waals surface area contributed by atoms with Crippen molar-refractivity contribution in [3.8, 4) is 11.3 Å². The summed E-state index contributed by atoms with van der Waals surface area (Å²) in [5, 5.41) is 12.4. The number of aliphatic carboxylic acids is 1. The normalized spacial score (nSPS) is 11.5. The summed E-state index contributed by atoms with van der Waals surface area (Å²) in [7, 11) is 0. The maximum atomic E-state index is 12.5. The maximum absolute atomic E-state index is 12.5. The number of hydrogen-bond acceptors (Lipinski definition) is 4. The number of Topliss-reactive ketones (excluding diaryl/α,β-unsaturated/α-hetero) is 1. The summed E-state index contributed by atoms with van der Waals surface area (Å²) >= 11 is 13.4. The average Bonchev–Trinajstić information content (AvgIpc) is 3.13. The van der Waals surface area contributed by atoms with Gasteiger partial charge in [-0.2, -0.15) is 0 Å². The average molecular weight is 432 g/mol. The summed E-state index contributed by atoms with van der Waals surface area (Å²) in [6.45, 7) is 1.52. The van der Waals surface area contributed by atoms with Gasteiger partial charge in [0, 0.05) is 22.1 Å². The minimum absolute atomic E-state index is 0.0551. The van der Waals surface area contributed by atoms with E-state index >= 15 is 0 Å². The van der Waals surface area contributed by atoms with E-state index in [0.29, 0.717) is 20.6 Å². The van der Waals surface area contributed by atoms with Crippen LogP contribution in [0, 0.1) is 0 Å². The Morgan fingerprint density at radius 3 is 2.46 bits per heavy atom. The van der Waals surface area contributed by atoms with Crippen LogP contribution in [-0.4, -0.2) is 21.8 Å². The summed E-state index contributed by atoms with van der Waals surface area (Å²) in [5.74, 6) is -1.03. The highest BCUT2D eigenvalue weighted by Gasteiger charge is 2.12. The van der Waals surface area contributed by atoms with Crippen molar-refractivity contribution in [2.45, 2.75) is 13.3 Å². The van der Waals surface area contributed by atoms with Crippen molar-refractivity contribution in [3.05, 3.63) is 79.6 Å². The van der Waals surface area contributed by atoms with Gasteiger partial charge in [-0.1, -0.05) is 53.5 Å². The van der Waals surface area contributed by atoms with Crippen LogP contribution in [0.1, 0.15) is 27.9 Å². The number of rotatable bonds is 6. The van der Waals surface area contributed by atoms with E-state index < -0.39 is 5.97 Å². The molecule has 3 rings (SSSR count). The number of carboxylic acid groups (broad SMARTS) is 1. The van der Waals surface area contributed by atoms with Crippen LogP contribution < -0.4 is 0 Å². The lowest BCUT2D eigenvalue weighted by atomic mass is 10.0. The van der Waals surface area contributed by atoms with E-state index in [1.807, 2.05) is 11.4 Å². The molecule has 142 valence electrons. The molecule has 0 aliphatic carbocycles. The van der Waals surface area contributed by atoms with Gasteiger partial charge in [-0.15, -0.1) is 11.3 Å². The first-order valence-electron chi connectivity index (χ1n) is 8.28. The number of nitrogens with zero attached hydrogens (tertiary/aromatic N) is 1. The van der Waals surface area contributed by atoms with Crippen molar-refractivity contribution in [1.29, 1.82) is 0 Å². The summed E-state index contributed by atoms with van der Waals surface area (Å²) in [5.41, 5.74) is 3.10. The molecule has 0 saturated heterocycles. The number of aromatic nitrogens is 1. The predicted molar refractivity (Wildman–Crippen MR) is 113 cm³/mol. The van der Waals surface area contributed by atoms with Gasteiger partial charge in [0.25, 0.3) is 0 Å². The second-order valence-electron chi connectivity index (χ2n) is 6.11. The number of carboxylic acids is 1. The molecule has 28 heavy (non-hydrogen) atoms. The van der Waals surface area contributed by atoms with Gasteiger partial charge in [-0.3, -0.25) is 4.79 Å². The fourth-order valence-corrected chi connectivity index (χ4v) is 3.60. The van der Waals surface area contributed by atoms with Crippen LogP contribution in [0.5, 0.6) is 0 Å². The van der Waals surface area contributed by atoms with Crippen LogP contribution in [0.2, 0.25) is 10.0 Å². The van der Waals surface area contributed by atoms with E-state index in [4.69, 9.17) is 28.3 Å². The molecule has 1 N–H and O–H groups in total. The Labute approximate surface area is 176 Å². The fraction of sp³-hybridized carbons (Fsp3) is 0.0952. The fourth-order valence-electron chi connectivity index (χ4n) is 2.50. The van der Waals surface area contributed by atoms with Gasteiger partial charge in [0.1, 0.15) is 5.01 Å². The Bertz CT molecular complexity index is 1070. The van der Waals surface area contributed by atoms with Gasteiger partial charge in [-0.05, 0) is 30.7 Å². The van der Waals surface area contributed by atoms with Crippen molar-refractivity contribution in [2.24, 2.45) is 0 Å². The minimum Gasteiger partial charge on any atom is -0.478 e. The molecule has 0 atom stereocenters. The summed E-state index contributed by atoms with van der Waals surface area (Å²) < 4.78 is 0. The second kappa shape index (κ2) is 8.69. The number of carbonyl (C=O) groups excluding carboxylic acids is 1. The standard InChI is InChI=1S/C21H15Cl2NO3S/c1-12(21(26)27)8-13-2-4-14(5-3-13)19(25)10-20-24-18(11-28-20)15-6-7-16(22)17(23)9-15/h2-9,11H,10H2,1H3,(H,26,27)/b12-8+. The molecule has 0 bridgehead atoms. The molecule has 3 aromatic rings. The lowest BCUT2D eigenvalue weighted by molar-refractivity contribution is -0.132. The van der Waals surface area contributed by atoms with Crippen molar-refractivity contribution in [3.63, 3.8) is 0 Å². The molecule has 0 aliphatic heterocycles. The number of halogens is 2. The zero-order valence-corrected chi connectivity index (χ0v) is 17.1. The smallest absolute Gasteiger partial charge is 0.331 e. The molecule has 0 fully saturated rings. The molecule has 0 radical (unpaired) electrons. The van der Waals surface area contributed by atoms with Crippen molar-refractivity contribution in [1.82, 2.24) is 4.98 Å². The molecule has 0 saturated carbocycles. The van der Waals surface area contributed by atoms with Crippen molar-refractivity contribution in [2.75, 3.05) is 0 Å². The maximum Gasteiger partial charge on any atom is 0.331 e. The molecule has 0 amide bonds. The Hall–Kier alpha value is -2.47. The third-order valence-corrected chi connectivity index (χ3v) is 5.62. The summed E-state index contributed by atoms with van der Waals surface area (Å²) in [6.07, 6.45) is 1.75. The lowest BCUT2D eigenvalue weighted by Crippen LogP contribution is -2.03. The predicted octanol–water partition coefficient (Wildman–Crippen LogP) is 6.03. The summed E-state index contributed by atoms with van der Waals surface area (Å²) in [6, 6.07) is 12.1. The molecule has 7 heteroatoms. The van der Waals surface area contributed by atoms with Gasteiger partial charge in [0.15, 0.2) is 5.78 Å².